The van der Waals surface area contributed by atoms with Crippen molar-refractivity contribution < 1.29 is 32.6 Å². The largest absolute Gasteiger partial charge is 0.490 e. The Bertz CT molecular complexity index is 847. The van der Waals surface area contributed by atoms with Crippen LogP contribution in [0.15, 0.2) is 24.3 Å². The molecule has 3 aliphatic rings. The van der Waals surface area contributed by atoms with Crippen molar-refractivity contribution in [3.05, 3.63) is 35.4 Å². The summed E-state index contributed by atoms with van der Waals surface area (Å²) in [6.07, 6.45) is -1.20. The first-order chi connectivity index (χ1) is 15.2. The third kappa shape index (κ3) is 5.99. The van der Waals surface area contributed by atoms with E-state index in [1.807, 2.05) is 4.90 Å². The van der Waals surface area contributed by atoms with Gasteiger partial charge < -0.3 is 19.6 Å². The molecule has 32 heavy (non-hydrogen) atoms. The number of carboxylic acid groups (broad SMARTS) is 1. The van der Waals surface area contributed by atoms with Crippen LogP contribution in [0.5, 0.6) is 0 Å². The molecule has 3 atom stereocenters. The maximum absolute atomic E-state index is 12.8. The number of benzene rings is 1. The van der Waals surface area contributed by atoms with Gasteiger partial charge in [0, 0.05) is 31.1 Å². The zero-order chi connectivity index (χ0) is 23.3. The van der Waals surface area contributed by atoms with Crippen molar-refractivity contribution in [1.82, 2.24) is 9.80 Å². The number of carboxylic acids is 1. The summed E-state index contributed by atoms with van der Waals surface area (Å²) >= 11 is 0. The molecule has 1 N–H and O–H groups in total. The second kappa shape index (κ2) is 10.3. The highest BCUT2D eigenvalue weighted by Gasteiger charge is 2.42. The summed E-state index contributed by atoms with van der Waals surface area (Å²) in [6, 6.07) is 9.06. The van der Waals surface area contributed by atoms with E-state index in [1.54, 1.807) is 24.3 Å². The summed E-state index contributed by atoms with van der Waals surface area (Å²) in [5.74, 6) is -1.63. The van der Waals surface area contributed by atoms with Gasteiger partial charge in [0.05, 0.1) is 24.3 Å². The monoisotopic (exact) mass is 453 g/mol. The van der Waals surface area contributed by atoms with Crippen LogP contribution in [0.2, 0.25) is 0 Å². The van der Waals surface area contributed by atoms with Crippen LogP contribution in [0.3, 0.4) is 0 Å². The Morgan fingerprint density at radius 2 is 1.78 bits per heavy atom. The molecule has 7 nitrogen and oxygen atoms in total. The minimum absolute atomic E-state index is 0.0785. The standard InChI is InChI=1S/C20H25N3O2.C2HF3O2/c21-11-15-3-5-16(6-4-15)20(24)23-10-7-17-14-25-19(18(17)12-23)13-22-8-1-2-9-22;3-2(4,5)1(6)7/h3-6,17-19H,1-2,7-10,12-14H2;(H,6,7)/t17-,18-,19+;/m0./s1. The number of piperidine rings is 1. The first-order valence-electron chi connectivity index (χ1n) is 10.6. The molecule has 0 bridgehead atoms. The number of rotatable bonds is 3. The van der Waals surface area contributed by atoms with Crippen molar-refractivity contribution in [2.45, 2.75) is 31.5 Å². The van der Waals surface area contributed by atoms with Crippen molar-refractivity contribution in [3.63, 3.8) is 0 Å². The van der Waals surface area contributed by atoms with Crippen LogP contribution < -0.4 is 0 Å². The van der Waals surface area contributed by atoms with Crippen molar-refractivity contribution in [2.75, 3.05) is 39.3 Å². The third-order valence-corrected chi connectivity index (χ3v) is 6.24. The molecule has 174 valence electrons. The van der Waals surface area contributed by atoms with E-state index < -0.39 is 12.1 Å². The van der Waals surface area contributed by atoms with Crippen LogP contribution >= 0.6 is 0 Å². The van der Waals surface area contributed by atoms with Gasteiger partial charge in [0.25, 0.3) is 5.91 Å². The fourth-order valence-electron chi connectivity index (χ4n) is 4.49. The Morgan fingerprint density at radius 3 is 2.34 bits per heavy atom. The summed E-state index contributed by atoms with van der Waals surface area (Å²) in [4.78, 5) is 26.2. The fraction of sp³-hybridized carbons (Fsp3) is 0.591. The van der Waals surface area contributed by atoms with E-state index in [4.69, 9.17) is 19.9 Å². The van der Waals surface area contributed by atoms with E-state index in [0.717, 1.165) is 32.7 Å². The number of fused-ring (bicyclic) bond motifs is 1. The van der Waals surface area contributed by atoms with Gasteiger partial charge in [0.2, 0.25) is 0 Å². The van der Waals surface area contributed by atoms with Gasteiger partial charge in [-0.1, -0.05) is 0 Å². The minimum Gasteiger partial charge on any atom is -0.475 e. The Balaban J connectivity index is 0.000000360. The van der Waals surface area contributed by atoms with Crippen molar-refractivity contribution >= 4 is 11.9 Å². The normalized spacial score (nSPS) is 25.4. The molecule has 0 aliphatic carbocycles. The zero-order valence-corrected chi connectivity index (χ0v) is 17.6. The minimum atomic E-state index is -5.08. The summed E-state index contributed by atoms with van der Waals surface area (Å²) in [5.41, 5.74) is 1.26. The molecule has 0 saturated carbocycles. The van der Waals surface area contributed by atoms with E-state index in [1.165, 1.54) is 25.9 Å². The topological polar surface area (TPSA) is 93.9 Å². The summed E-state index contributed by atoms with van der Waals surface area (Å²) in [6.45, 7) is 5.83. The second-order valence-electron chi connectivity index (χ2n) is 8.34. The highest BCUT2D eigenvalue weighted by atomic mass is 19.4. The molecule has 0 radical (unpaired) electrons. The molecular formula is C22H26F3N3O4. The average molecular weight is 453 g/mol. The van der Waals surface area contributed by atoms with E-state index in [9.17, 15) is 18.0 Å². The lowest BCUT2D eigenvalue weighted by molar-refractivity contribution is -0.192. The number of aliphatic carboxylic acids is 1. The number of hydrogen-bond donors (Lipinski definition) is 1. The van der Waals surface area contributed by atoms with Crippen LogP contribution in [0.4, 0.5) is 13.2 Å². The highest BCUT2D eigenvalue weighted by Crippen LogP contribution is 2.35. The molecule has 1 aromatic rings. The molecule has 1 aromatic carbocycles. The molecule has 4 rings (SSSR count). The number of halogens is 3. The van der Waals surface area contributed by atoms with Gasteiger partial charge in [-0.25, -0.2) is 4.79 Å². The van der Waals surface area contributed by atoms with Crippen LogP contribution in [0.25, 0.3) is 0 Å². The number of carbonyl (C=O) groups is 2. The summed E-state index contributed by atoms with van der Waals surface area (Å²) < 4.78 is 37.8. The van der Waals surface area contributed by atoms with E-state index in [0.29, 0.717) is 23.0 Å². The van der Waals surface area contributed by atoms with E-state index >= 15 is 0 Å². The fourth-order valence-corrected chi connectivity index (χ4v) is 4.49. The van der Waals surface area contributed by atoms with Crippen LogP contribution in [0.1, 0.15) is 35.2 Å². The number of amides is 1. The Morgan fingerprint density at radius 1 is 1.16 bits per heavy atom. The predicted octanol–water partition coefficient (Wildman–Crippen LogP) is 2.76. The maximum Gasteiger partial charge on any atom is 0.490 e. The molecule has 0 aromatic heterocycles. The van der Waals surface area contributed by atoms with Gasteiger partial charge in [0.15, 0.2) is 0 Å². The van der Waals surface area contributed by atoms with Crippen LogP contribution in [-0.2, 0) is 9.53 Å². The lowest BCUT2D eigenvalue weighted by atomic mass is 9.84. The Hall–Kier alpha value is -2.64. The van der Waals surface area contributed by atoms with Gasteiger partial charge in [0.1, 0.15) is 0 Å². The van der Waals surface area contributed by atoms with Gasteiger partial charge in [-0.15, -0.1) is 0 Å². The van der Waals surface area contributed by atoms with Gasteiger partial charge in [-0.2, -0.15) is 18.4 Å². The predicted molar refractivity (Wildman–Crippen MR) is 108 cm³/mol. The summed E-state index contributed by atoms with van der Waals surface area (Å²) in [7, 11) is 0. The molecule has 3 saturated heterocycles. The third-order valence-electron chi connectivity index (χ3n) is 6.24. The number of hydrogen-bond acceptors (Lipinski definition) is 5. The number of nitrogens with zero attached hydrogens (tertiary/aromatic N) is 3. The Kier molecular flexibility index (Phi) is 7.74. The number of likely N-dealkylation sites (tertiary alicyclic amines) is 2. The van der Waals surface area contributed by atoms with Crippen molar-refractivity contribution in [3.8, 4) is 6.07 Å². The van der Waals surface area contributed by atoms with E-state index in [2.05, 4.69) is 11.0 Å². The molecule has 0 spiro atoms. The van der Waals surface area contributed by atoms with Crippen LogP contribution in [0, 0.1) is 23.2 Å². The number of alkyl halides is 3. The molecule has 3 fully saturated rings. The highest BCUT2D eigenvalue weighted by molar-refractivity contribution is 5.94. The molecule has 3 heterocycles. The molecule has 3 aliphatic heterocycles. The smallest absolute Gasteiger partial charge is 0.475 e. The molecular weight excluding hydrogens is 427 g/mol. The SMILES string of the molecule is N#Cc1ccc(C(=O)N2CC[C@H]3CO[C@H](CN4CCCC4)[C@H]3C2)cc1.O=C(O)C(F)(F)F. The maximum atomic E-state index is 12.8. The van der Waals surface area contributed by atoms with Crippen molar-refractivity contribution in [2.24, 2.45) is 11.8 Å². The van der Waals surface area contributed by atoms with E-state index in [-0.39, 0.29) is 12.0 Å². The van der Waals surface area contributed by atoms with Crippen LogP contribution in [-0.4, -0.2) is 78.4 Å². The number of ether oxygens (including phenoxy) is 1. The van der Waals surface area contributed by atoms with Gasteiger partial charge >= 0.3 is 12.1 Å². The number of carbonyl (C=O) groups excluding carboxylic acids is 1. The Labute approximate surface area is 184 Å². The van der Waals surface area contributed by atoms with Gasteiger partial charge in [-0.05, 0) is 62.5 Å². The first kappa shape index (κ1) is 24.0. The lowest BCUT2D eigenvalue weighted by Gasteiger charge is -2.37. The lowest BCUT2D eigenvalue weighted by Crippen LogP contribution is -2.47. The van der Waals surface area contributed by atoms with Crippen molar-refractivity contribution in [1.29, 1.82) is 5.26 Å². The summed E-state index contributed by atoms with van der Waals surface area (Å²) in [5, 5.41) is 16.0. The first-order valence-corrected chi connectivity index (χ1v) is 10.6. The second-order valence-corrected chi connectivity index (χ2v) is 8.34. The quantitative estimate of drug-likeness (QED) is 0.757. The average Bonchev–Trinajstić information content (AvgIpc) is 3.43. The zero-order valence-electron chi connectivity index (χ0n) is 17.6. The number of nitriles is 1. The molecule has 0 unspecified atom stereocenters. The molecule has 1 amide bonds. The molecule has 10 heteroatoms. The van der Waals surface area contributed by atoms with Gasteiger partial charge in [-0.3, -0.25) is 4.79 Å².